The summed E-state index contributed by atoms with van der Waals surface area (Å²) in [7, 11) is 1.91. The van der Waals surface area contributed by atoms with Crippen LogP contribution in [0, 0.1) is 5.92 Å². The van der Waals surface area contributed by atoms with E-state index in [1.165, 1.54) is 0 Å². The molecule has 10 nitrogen and oxygen atoms in total. The van der Waals surface area contributed by atoms with E-state index < -0.39 is 11.5 Å². The molecule has 5 rings (SSSR count). The molecule has 4 heterocycles. The van der Waals surface area contributed by atoms with E-state index in [1.54, 1.807) is 0 Å². The third-order valence-corrected chi connectivity index (χ3v) is 7.99. The Bertz CT molecular complexity index is 1230. The number of likely N-dealkylation sites (tertiary alicyclic amines) is 1. The molecule has 38 heavy (non-hydrogen) atoms. The minimum Gasteiger partial charge on any atom is -0.444 e. The summed E-state index contributed by atoms with van der Waals surface area (Å²) in [4.78, 5) is 43.3. The molecule has 3 aliphatic rings. The van der Waals surface area contributed by atoms with Gasteiger partial charge < -0.3 is 14.5 Å². The number of carbonyl (C=O) groups is 3. The number of imide groups is 1. The van der Waals surface area contributed by atoms with Gasteiger partial charge in [0.15, 0.2) is 0 Å². The lowest BCUT2D eigenvalue weighted by atomic mass is 9.93. The van der Waals surface area contributed by atoms with Gasteiger partial charge in [-0.1, -0.05) is 0 Å². The van der Waals surface area contributed by atoms with Crippen molar-refractivity contribution in [1.82, 2.24) is 24.9 Å². The van der Waals surface area contributed by atoms with Gasteiger partial charge in [0.25, 0.3) is 0 Å². The number of nitrogens with one attached hydrogen (secondary N) is 1. The van der Waals surface area contributed by atoms with Gasteiger partial charge in [0.1, 0.15) is 5.60 Å². The van der Waals surface area contributed by atoms with Crippen LogP contribution in [0.3, 0.4) is 0 Å². The smallest absolute Gasteiger partial charge is 0.410 e. The highest BCUT2D eigenvalue weighted by molar-refractivity contribution is 6.02. The molecule has 3 amide bonds. The van der Waals surface area contributed by atoms with Gasteiger partial charge >= 0.3 is 6.09 Å². The van der Waals surface area contributed by atoms with Gasteiger partial charge in [-0.25, -0.2) is 4.79 Å². The molecule has 206 valence electrons. The minimum atomic E-state index is -0.467. The molecule has 0 saturated carbocycles. The Morgan fingerprint density at radius 3 is 2.63 bits per heavy atom. The largest absolute Gasteiger partial charge is 0.444 e. The Kier molecular flexibility index (Phi) is 7.11. The first-order valence-corrected chi connectivity index (χ1v) is 13.8. The third-order valence-electron chi connectivity index (χ3n) is 7.99. The highest BCUT2D eigenvalue weighted by atomic mass is 16.6. The van der Waals surface area contributed by atoms with E-state index in [-0.39, 0.29) is 17.9 Å². The average Bonchev–Trinajstić information content (AvgIpc) is 3.44. The lowest BCUT2D eigenvalue weighted by molar-refractivity contribution is -0.134. The summed E-state index contributed by atoms with van der Waals surface area (Å²) in [6.07, 6.45) is 1.64. The second-order valence-corrected chi connectivity index (χ2v) is 12.1. The van der Waals surface area contributed by atoms with E-state index in [4.69, 9.17) is 4.74 Å². The summed E-state index contributed by atoms with van der Waals surface area (Å²) in [5, 5.41) is 8.09. The molecule has 1 unspecified atom stereocenters. The lowest BCUT2D eigenvalue weighted by Gasteiger charge is -2.42. The van der Waals surface area contributed by atoms with Crippen LogP contribution in [0.15, 0.2) is 18.2 Å². The molecule has 1 aromatic carbocycles. The Balaban J connectivity index is 1.21. The van der Waals surface area contributed by atoms with Crippen LogP contribution < -0.4 is 10.2 Å². The van der Waals surface area contributed by atoms with Crippen LogP contribution >= 0.6 is 0 Å². The number of piperazine rings is 1. The van der Waals surface area contributed by atoms with Crippen molar-refractivity contribution in [2.45, 2.75) is 64.5 Å². The second kappa shape index (κ2) is 10.2. The van der Waals surface area contributed by atoms with Crippen molar-refractivity contribution in [1.29, 1.82) is 0 Å². The predicted molar refractivity (Wildman–Crippen MR) is 145 cm³/mol. The molecule has 3 fully saturated rings. The molecule has 3 aliphatic heterocycles. The molecule has 10 heteroatoms. The molecule has 2 aromatic rings. The predicted octanol–water partition coefficient (Wildman–Crippen LogP) is 2.86. The molecular formula is C28H40N6O4. The Labute approximate surface area is 224 Å². The van der Waals surface area contributed by atoms with Gasteiger partial charge in [0.2, 0.25) is 11.8 Å². The zero-order valence-electron chi connectivity index (χ0n) is 23.2. The molecule has 0 bridgehead atoms. The standard InChI is InChI=1S/C28H40N6O4/c1-18-15-33(13-12-32(18)16-19-10-11-34(17-19)27(37)38-28(2,3)4)20-6-7-21-23(14-20)31(5)30-25(21)22-8-9-24(35)29-26(22)36/h6-7,14,18-19,22H,8-13,15-17H2,1-5H3,(H,29,35,36)/t18-,19-,22?/m0/s1. The summed E-state index contributed by atoms with van der Waals surface area (Å²) in [5.74, 6) is -0.400. The van der Waals surface area contributed by atoms with E-state index in [0.29, 0.717) is 24.8 Å². The van der Waals surface area contributed by atoms with E-state index >= 15 is 0 Å². The highest BCUT2D eigenvalue weighted by Gasteiger charge is 2.34. The first-order valence-electron chi connectivity index (χ1n) is 13.8. The SMILES string of the molecule is C[C@H]1CN(c2ccc3c(C4CCC(=O)NC4=O)nn(C)c3c2)CCN1C[C@@H]1CCN(C(=O)OC(C)(C)C)C1. The number of hydrogen-bond acceptors (Lipinski definition) is 7. The van der Waals surface area contributed by atoms with Crippen LogP contribution in [0.2, 0.25) is 0 Å². The van der Waals surface area contributed by atoms with Crippen molar-refractivity contribution in [3.8, 4) is 0 Å². The normalized spacial score (nSPS) is 25.2. The topological polar surface area (TPSA) is 100 Å². The van der Waals surface area contributed by atoms with Gasteiger partial charge in [-0.3, -0.25) is 24.5 Å². The fraction of sp³-hybridized carbons (Fsp3) is 0.643. The summed E-state index contributed by atoms with van der Waals surface area (Å²) >= 11 is 0. The zero-order chi connectivity index (χ0) is 27.2. The first kappa shape index (κ1) is 26.5. The number of anilines is 1. The molecule has 1 N–H and O–H groups in total. The Morgan fingerprint density at radius 2 is 1.92 bits per heavy atom. The number of ether oxygens (including phenoxy) is 1. The van der Waals surface area contributed by atoms with E-state index in [2.05, 4.69) is 45.3 Å². The van der Waals surface area contributed by atoms with Crippen molar-refractivity contribution in [3.05, 3.63) is 23.9 Å². The van der Waals surface area contributed by atoms with Crippen molar-refractivity contribution in [3.63, 3.8) is 0 Å². The summed E-state index contributed by atoms with van der Waals surface area (Å²) in [6.45, 7) is 13.3. The zero-order valence-corrected chi connectivity index (χ0v) is 23.2. The van der Waals surface area contributed by atoms with Crippen LogP contribution in [-0.2, 0) is 21.4 Å². The van der Waals surface area contributed by atoms with Gasteiger partial charge in [-0.15, -0.1) is 0 Å². The fourth-order valence-electron chi connectivity index (χ4n) is 5.99. The van der Waals surface area contributed by atoms with Crippen LogP contribution in [0.25, 0.3) is 10.9 Å². The van der Waals surface area contributed by atoms with E-state index in [9.17, 15) is 14.4 Å². The van der Waals surface area contributed by atoms with Crippen molar-refractivity contribution < 1.29 is 19.1 Å². The van der Waals surface area contributed by atoms with E-state index in [0.717, 1.165) is 68.0 Å². The quantitative estimate of drug-likeness (QED) is 0.614. The number of benzene rings is 1. The van der Waals surface area contributed by atoms with Crippen LogP contribution in [0.4, 0.5) is 10.5 Å². The summed E-state index contributed by atoms with van der Waals surface area (Å²) in [5.41, 5.74) is 2.42. The number of nitrogens with zero attached hydrogens (tertiary/aromatic N) is 5. The van der Waals surface area contributed by atoms with Crippen LogP contribution in [0.1, 0.15) is 58.6 Å². The third kappa shape index (κ3) is 5.50. The molecule has 3 atom stereocenters. The maximum atomic E-state index is 12.4. The van der Waals surface area contributed by atoms with Crippen LogP contribution in [-0.4, -0.2) is 88.4 Å². The van der Waals surface area contributed by atoms with Gasteiger partial charge in [0, 0.05) is 69.9 Å². The number of aryl methyl sites for hydroxylation is 1. The Hall–Kier alpha value is -3.14. The first-order chi connectivity index (χ1) is 18.0. The Morgan fingerprint density at radius 1 is 1.13 bits per heavy atom. The van der Waals surface area contributed by atoms with Crippen LogP contribution in [0.5, 0.6) is 0 Å². The minimum absolute atomic E-state index is 0.204. The van der Waals surface area contributed by atoms with Gasteiger partial charge in [-0.05, 0) is 64.7 Å². The monoisotopic (exact) mass is 524 g/mol. The molecule has 0 spiro atoms. The number of amides is 3. The van der Waals surface area contributed by atoms with Crippen molar-refractivity contribution in [2.75, 3.05) is 44.2 Å². The second-order valence-electron chi connectivity index (χ2n) is 12.1. The van der Waals surface area contributed by atoms with Gasteiger partial charge in [0.05, 0.1) is 17.1 Å². The number of hydrogen-bond donors (Lipinski definition) is 1. The maximum absolute atomic E-state index is 12.4. The molecule has 0 radical (unpaired) electrons. The number of carbonyl (C=O) groups excluding carboxylic acids is 3. The summed E-state index contributed by atoms with van der Waals surface area (Å²) < 4.78 is 7.40. The lowest BCUT2D eigenvalue weighted by Crippen LogP contribution is -2.53. The summed E-state index contributed by atoms with van der Waals surface area (Å²) in [6, 6.07) is 6.74. The molecule has 0 aliphatic carbocycles. The van der Waals surface area contributed by atoms with Crippen molar-refractivity contribution >= 4 is 34.5 Å². The number of aromatic nitrogens is 2. The molecule has 3 saturated heterocycles. The number of rotatable bonds is 4. The van der Waals surface area contributed by atoms with Crippen molar-refractivity contribution in [2.24, 2.45) is 13.0 Å². The van der Waals surface area contributed by atoms with E-state index in [1.807, 2.05) is 37.4 Å². The maximum Gasteiger partial charge on any atom is 0.410 e. The molecular weight excluding hydrogens is 484 g/mol. The molecule has 1 aromatic heterocycles. The number of fused-ring (bicyclic) bond motifs is 1. The van der Waals surface area contributed by atoms with Gasteiger partial charge in [-0.2, -0.15) is 5.10 Å². The highest BCUT2D eigenvalue weighted by Crippen LogP contribution is 2.33. The average molecular weight is 525 g/mol. The fourth-order valence-corrected chi connectivity index (χ4v) is 5.99. The number of piperidine rings is 1.